The van der Waals surface area contributed by atoms with E-state index < -0.39 is 41.1 Å². The van der Waals surface area contributed by atoms with Crippen molar-refractivity contribution in [3.63, 3.8) is 0 Å². The van der Waals surface area contributed by atoms with Gasteiger partial charge in [0.05, 0.1) is 6.42 Å². The first kappa shape index (κ1) is 13.7. The van der Waals surface area contributed by atoms with Gasteiger partial charge < -0.3 is 0 Å². The van der Waals surface area contributed by atoms with Gasteiger partial charge in [-0.15, -0.1) is 0 Å². The van der Waals surface area contributed by atoms with E-state index in [1.807, 2.05) is 0 Å². The third-order valence-electron chi connectivity index (χ3n) is 4.63. The number of nitrogens with one attached hydrogen (secondary N) is 1. The highest BCUT2D eigenvalue weighted by Gasteiger charge is 2.58. The molecule has 2 saturated heterocycles. The lowest BCUT2D eigenvalue weighted by atomic mass is 9.81. The zero-order chi connectivity index (χ0) is 15.4. The minimum Gasteiger partial charge on any atom is -0.284 e. The average Bonchev–Trinajstić information content (AvgIpc) is 3.01. The number of urea groups is 1. The Labute approximate surface area is 120 Å². The van der Waals surface area contributed by atoms with Crippen LogP contribution >= 0.6 is 0 Å². The Morgan fingerprint density at radius 1 is 1.10 bits per heavy atom. The summed E-state index contributed by atoms with van der Waals surface area (Å²) in [7, 11) is 1.31. The molecule has 3 rings (SSSR count). The molecule has 2 aliphatic heterocycles. The molecule has 1 aliphatic carbocycles. The van der Waals surface area contributed by atoms with Gasteiger partial charge in [0.25, 0.3) is 5.91 Å². The second kappa shape index (κ2) is 4.37. The van der Waals surface area contributed by atoms with E-state index in [9.17, 15) is 24.0 Å². The van der Waals surface area contributed by atoms with Gasteiger partial charge >= 0.3 is 6.03 Å². The van der Waals surface area contributed by atoms with Crippen molar-refractivity contribution in [1.82, 2.24) is 15.1 Å². The highest BCUT2D eigenvalue weighted by Crippen LogP contribution is 2.42. The summed E-state index contributed by atoms with van der Waals surface area (Å²) >= 11 is 0. The molecule has 1 spiro atoms. The minimum atomic E-state index is -1.25. The minimum absolute atomic E-state index is 0.223. The highest BCUT2D eigenvalue weighted by molar-refractivity contribution is 6.21. The maximum atomic E-state index is 12.7. The Kier molecular flexibility index (Phi) is 2.86. The van der Waals surface area contributed by atoms with E-state index in [0.717, 1.165) is 22.6 Å². The van der Waals surface area contributed by atoms with Gasteiger partial charge in [0.1, 0.15) is 11.5 Å². The fourth-order valence-corrected chi connectivity index (χ4v) is 3.34. The van der Waals surface area contributed by atoms with Crippen molar-refractivity contribution in [2.75, 3.05) is 7.05 Å². The van der Waals surface area contributed by atoms with Crippen molar-refractivity contribution in [3.05, 3.63) is 0 Å². The molecule has 8 nitrogen and oxygen atoms in total. The van der Waals surface area contributed by atoms with Gasteiger partial charge in [-0.2, -0.15) is 0 Å². The van der Waals surface area contributed by atoms with Gasteiger partial charge in [0, 0.05) is 7.05 Å². The summed E-state index contributed by atoms with van der Waals surface area (Å²) < 4.78 is 0. The van der Waals surface area contributed by atoms with Gasteiger partial charge in [0.15, 0.2) is 0 Å². The normalized spacial score (nSPS) is 28.8. The van der Waals surface area contributed by atoms with E-state index >= 15 is 0 Å². The number of hydrogen-bond acceptors (Lipinski definition) is 5. The van der Waals surface area contributed by atoms with E-state index in [1.165, 1.54) is 7.05 Å². The smallest absolute Gasteiger partial charge is 0.284 e. The molecule has 6 amide bonds. The summed E-state index contributed by atoms with van der Waals surface area (Å²) in [5, 5.41) is 2.16. The third-order valence-corrected chi connectivity index (χ3v) is 4.63. The molecule has 0 radical (unpaired) electrons. The Bertz CT molecular complexity index is 578. The van der Waals surface area contributed by atoms with Crippen LogP contribution in [0.25, 0.3) is 0 Å². The van der Waals surface area contributed by atoms with Gasteiger partial charge in [-0.1, -0.05) is 12.8 Å². The van der Waals surface area contributed by atoms with Crippen LogP contribution in [0, 0.1) is 5.41 Å². The monoisotopic (exact) mass is 293 g/mol. The lowest BCUT2D eigenvalue weighted by molar-refractivity contribution is -0.155. The number of carbonyl (C=O) groups is 5. The molecule has 0 aromatic heterocycles. The summed E-state index contributed by atoms with van der Waals surface area (Å²) in [6, 6.07) is -2.05. The summed E-state index contributed by atoms with van der Waals surface area (Å²) in [6.45, 7) is 0. The summed E-state index contributed by atoms with van der Waals surface area (Å²) in [5.41, 5.74) is -1.25. The number of barbiturate groups is 1. The number of nitrogens with zero attached hydrogens (tertiary/aromatic N) is 2. The van der Waals surface area contributed by atoms with Crippen molar-refractivity contribution in [1.29, 1.82) is 0 Å². The lowest BCUT2D eigenvalue weighted by Crippen LogP contribution is -2.66. The van der Waals surface area contributed by atoms with E-state index in [4.69, 9.17) is 0 Å². The number of hydrogen-bond donors (Lipinski definition) is 1. The van der Waals surface area contributed by atoms with Gasteiger partial charge in [-0.05, 0) is 12.8 Å². The van der Waals surface area contributed by atoms with Crippen molar-refractivity contribution in [2.24, 2.45) is 5.41 Å². The van der Waals surface area contributed by atoms with Crippen LogP contribution < -0.4 is 5.32 Å². The fourth-order valence-electron chi connectivity index (χ4n) is 3.34. The lowest BCUT2D eigenvalue weighted by Gasteiger charge is -2.38. The van der Waals surface area contributed by atoms with Crippen LogP contribution in [0.15, 0.2) is 0 Å². The molecular weight excluding hydrogens is 278 g/mol. The first-order valence-corrected chi connectivity index (χ1v) is 6.88. The maximum absolute atomic E-state index is 12.7. The molecule has 3 fully saturated rings. The van der Waals surface area contributed by atoms with Crippen LogP contribution in [0.5, 0.6) is 0 Å². The molecule has 2 heterocycles. The summed E-state index contributed by atoms with van der Waals surface area (Å²) in [6.07, 6.45) is 1.95. The Morgan fingerprint density at radius 2 is 1.71 bits per heavy atom. The zero-order valence-corrected chi connectivity index (χ0v) is 11.5. The van der Waals surface area contributed by atoms with Crippen LogP contribution in [0.3, 0.4) is 0 Å². The van der Waals surface area contributed by atoms with Gasteiger partial charge in [-0.3, -0.25) is 29.4 Å². The van der Waals surface area contributed by atoms with E-state index in [1.54, 1.807) is 0 Å². The Balaban J connectivity index is 1.96. The second-order valence-corrected chi connectivity index (χ2v) is 5.73. The number of amides is 6. The van der Waals surface area contributed by atoms with Gasteiger partial charge in [-0.25, -0.2) is 9.69 Å². The summed E-state index contributed by atoms with van der Waals surface area (Å²) in [4.78, 5) is 62.1. The number of likely N-dealkylation sites (tertiary alicyclic amines) is 1. The number of rotatable bonds is 1. The van der Waals surface area contributed by atoms with E-state index in [0.29, 0.717) is 12.8 Å². The predicted molar refractivity (Wildman–Crippen MR) is 67.5 cm³/mol. The molecule has 3 aliphatic rings. The molecule has 1 saturated carbocycles. The fraction of sp³-hybridized carbons (Fsp3) is 0.615. The molecule has 112 valence electrons. The zero-order valence-electron chi connectivity index (χ0n) is 11.5. The molecule has 1 atom stereocenters. The van der Waals surface area contributed by atoms with Gasteiger partial charge in [0.2, 0.25) is 17.7 Å². The number of likely N-dealkylation sites (N-methyl/N-ethyl adjacent to an activating group) is 1. The molecule has 1 N–H and O–H groups in total. The standard InChI is InChI=1S/C13H15N3O5/c1-15-8(17)6-7(9(15)18)16-11(20)13(4-2-3-5-13)10(19)14-12(16)21/h7H,2-6H2,1H3,(H,14,19,21). The first-order chi connectivity index (χ1) is 9.88. The topological polar surface area (TPSA) is 104 Å². The number of carbonyl (C=O) groups excluding carboxylic acids is 5. The Morgan fingerprint density at radius 3 is 2.24 bits per heavy atom. The molecule has 0 aromatic rings. The van der Waals surface area contributed by atoms with Crippen molar-refractivity contribution in [2.45, 2.75) is 38.1 Å². The van der Waals surface area contributed by atoms with Crippen LogP contribution in [0.1, 0.15) is 32.1 Å². The van der Waals surface area contributed by atoms with Crippen LogP contribution in [0.2, 0.25) is 0 Å². The number of imide groups is 3. The van der Waals surface area contributed by atoms with Crippen LogP contribution in [0.4, 0.5) is 4.79 Å². The molecule has 21 heavy (non-hydrogen) atoms. The van der Waals surface area contributed by atoms with E-state index in [2.05, 4.69) is 5.32 Å². The predicted octanol–water partition coefficient (Wildman–Crippen LogP) is -0.618. The second-order valence-electron chi connectivity index (χ2n) is 5.73. The highest BCUT2D eigenvalue weighted by atomic mass is 16.2. The quantitative estimate of drug-likeness (QED) is 0.512. The average molecular weight is 293 g/mol. The molecule has 0 bridgehead atoms. The molecular formula is C13H15N3O5. The molecule has 8 heteroatoms. The van der Waals surface area contributed by atoms with Crippen LogP contribution in [-0.4, -0.2) is 52.5 Å². The first-order valence-electron chi connectivity index (χ1n) is 6.88. The van der Waals surface area contributed by atoms with Crippen LogP contribution in [-0.2, 0) is 19.2 Å². The molecule has 0 aromatic carbocycles. The van der Waals surface area contributed by atoms with Crippen molar-refractivity contribution < 1.29 is 24.0 Å². The largest absolute Gasteiger partial charge is 0.331 e. The van der Waals surface area contributed by atoms with E-state index in [-0.39, 0.29) is 6.42 Å². The SMILES string of the molecule is CN1C(=O)CC(N2C(=O)NC(=O)C3(CCCC3)C2=O)C1=O. The Hall–Kier alpha value is -2.25. The van der Waals surface area contributed by atoms with Crippen molar-refractivity contribution in [3.8, 4) is 0 Å². The maximum Gasteiger partial charge on any atom is 0.331 e. The summed E-state index contributed by atoms with van der Waals surface area (Å²) in [5.74, 6) is -2.26. The van der Waals surface area contributed by atoms with Crippen molar-refractivity contribution >= 4 is 29.7 Å². The molecule has 1 unspecified atom stereocenters. The third kappa shape index (κ3) is 1.71.